The Hall–Kier alpha value is -1.81. The van der Waals surface area contributed by atoms with Crippen molar-refractivity contribution in [3.05, 3.63) is 69.7 Å². The maximum atomic E-state index is 11.9. The molecule has 2 aromatic rings. The van der Waals surface area contributed by atoms with Gasteiger partial charge in [0.15, 0.2) is 0 Å². The van der Waals surface area contributed by atoms with E-state index in [0.29, 0.717) is 6.61 Å². The third-order valence-electron chi connectivity index (χ3n) is 3.93. The first-order chi connectivity index (χ1) is 10.7. The van der Waals surface area contributed by atoms with Crippen LogP contribution in [-0.2, 0) is 24.2 Å². The average Bonchev–Trinajstić information content (AvgIpc) is 2.54. The Balaban J connectivity index is 1.51. The molecule has 1 atom stereocenters. The first kappa shape index (κ1) is 15.1. The van der Waals surface area contributed by atoms with Gasteiger partial charge in [0, 0.05) is 10.5 Å². The van der Waals surface area contributed by atoms with Gasteiger partial charge in [0.05, 0.1) is 0 Å². The summed E-state index contributed by atoms with van der Waals surface area (Å²) in [4.78, 5) is 11.9. The van der Waals surface area contributed by atoms with Crippen molar-refractivity contribution < 1.29 is 9.53 Å². The van der Waals surface area contributed by atoms with E-state index in [4.69, 9.17) is 4.74 Å². The summed E-state index contributed by atoms with van der Waals surface area (Å²) in [6.45, 7) is 0.308. The minimum Gasteiger partial charge on any atom is -0.445 e. The lowest BCUT2D eigenvalue weighted by molar-refractivity contribution is 0.134. The van der Waals surface area contributed by atoms with Gasteiger partial charge in [-0.25, -0.2) is 4.79 Å². The molecular formula is C18H18BrNO2. The predicted octanol–water partition coefficient (Wildman–Crippen LogP) is 4.23. The van der Waals surface area contributed by atoms with Crippen LogP contribution < -0.4 is 5.32 Å². The molecule has 0 aliphatic heterocycles. The molecule has 2 aromatic carbocycles. The van der Waals surface area contributed by atoms with E-state index in [9.17, 15) is 4.79 Å². The number of carbonyl (C=O) groups is 1. The van der Waals surface area contributed by atoms with E-state index >= 15 is 0 Å². The van der Waals surface area contributed by atoms with Gasteiger partial charge in [0.25, 0.3) is 0 Å². The quantitative estimate of drug-likeness (QED) is 0.890. The number of nitrogens with one attached hydrogen (secondary N) is 1. The summed E-state index contributed by atoms with van der Waals surface area (Å²) in [5.74, 6) is 0. The van der Waals surface area contributed by atoms with E-state index in [2.05, 4.69) is 39.4 Å². The zero-order chi connectivity index (χ0) is 15.4. The second kappa shape index (κ2) is 6.97. The van der Waals surface area contributed by atoms with Crippen molar-refractivity contribution >= 4 is 22.0 Å². The number of halogens is 1. The molecular weight excluding hydrogens is 342 g/mol. The van der Waals surface area contributed by atoms with Crippen LogP contribution in [0.4, 0.5) is 4.79 Å². The van der Waals surface area contributed by atoms with Crippen LogP contribution in [0.1, 0.15) is 23.1 Å². The summed E-state index contributed by atoms with van der Waals surface area (Å²) in [7, 11) is 0. The molecule has 0 fully saturated rings. The lowest BCUT2D eigenvalue weighted by Crippen LogP contribution is -2.39. The largest absolute Gasteiger partial charge is 0.445 e. The van der Waals surface area contributed by atoms with Gasteiger partial charge >= 0.3 is 6.09 Å². The minimum absolute atomic E-state index is 0.150. The van der Waals surface area contributed by atoms with Crippen molar-refractivity contribution in [2.24, 2.45) is 0 Å². The summed E-state index contributed by atoms with van der Waals surface area (Å²) in [5, 5.41) is 2.97. The highest BCUT2D eigenvalue weighted by atomic mass is 79.9. The number of amides is 1. The molecule has 1 N–H and O–H groups in total. The Kier molecular flexibility index (Phi) is 4.78. The Bertz CT molecular complexity index is 657. The van der Waals surface area contributed by atoms with Crippen molar-refractivity contribution in [3.63, 3.8) is 0 Å². The highest BCUT2D eigenvalue weighted by Gasteiger charge is 2.20. The van der Waals surface area contributed by atoms with Crippen molar-refractivity contribution in [1.29, 1.82) is 0 Å². The third kappa shape index (κ3) is 3.89. The molecule has 0 aromatic heterocycles. The topological polar surface area (TPSA) is 38.3 Å². The first-order valence-electron chi connectivity index (χ1n) is 7.45. The number of carbonyl (C=O) groups excluding carboxylic acids is 1. The van der Waals surface area contributed by atoms with Crippen LogP contribution in [0.25, 0.3) is 0 Å². The van der Waals surface area contributed by atoms with Crippen LogP contribution in [0.3, 0.4) is 0 Å². The zero-order valence-electron chi connectivity index (χ0n) is 12.2. The number of hydrogen-bond donors (Lipinski definition) is 1. The summed E-state index contributed by atoms with van der Waals surface area (Å²) in [6.07, 6.45) is 2.46. The maximum Gasteiger partial charge on any atom is 0.407 e. The van der Waals surface area contributed by atoms with E-state index in [1.54, 1.807) is 0 Å². The van der Waals surface area contributed by atoms with E-state index < -0.39 is 0 Å². The van der Waals surface area contributed by atoms with E-state index in [1.165, 1.54) is 11.1 Å². The van der Waals surface area contributed by atoms with Gasteiger partial charge in [-0.1, -0.05) is 52.3 Å². The third-order valence-corrected chi connectivity index (χ3v) is 4.42. The lowest BCUT2D eigenvalue weighted by Gasteiger charge is -2.25. The maximum absolute atomic E-state index is 11.9. The SMILES string of the molecule is O=C(N[C@H]1CCc2cc(Br)ccc2C1)OCc1ccccc1. The molecule has 0 saturated carbocycles. The van der Waals surface area contributed by atoms with Crippen LogP contribution in [0.5, 0.6) is 0 Å². The molecule has 114 valence electrons. The minimum atomic E-state index is -0.339. The summed E-state index contributed by atoms with van der Waals surface area (Å²) < 4.78 is 6.39. The van der Waals surface area contributed by atoms with Crippen molar-refractivity contribution in [1.82, 2.24) is 5.32 Å². The van der Waals surface area contributed by atoms with Crippen molar-refractivity contribution in [2.75, 3.05) is 0 Å². The van der Waals surface area contributed by atoms with Gasteiger partial charge in [0.2, 0.25) is 0 Å². The fourth-order valence-electron chi connectivity index (χ4n) is 2.78. The zero-order valence-corrected chi connectivity index (χ0v) is 13.8. The Morgan fingerprint density at radius 3 is 2.82 bits per heavy atom. The lowest BCUT2D eigenvalue weighted by atomic mass is 9.88. The van der Waals surface area contributed by atoms with Crippen LogP contribution in [0.15, 0.2) is 53.0 Å². The Morgan fingerprint density at radius 2 is 2.00 bits per heavy atom. The highest BCUT2D eigenvalue weighted by molar-refractivity contribution is 9.10. The normalized spacial score (nSPS) is 16.7. The fourth-order valence-corrected chi connectivity index (χ4v) is 3.19. The molecule has 0 heterocycles. The second-order valence-corrected chi connectivity index (χ2v) is 6.47. The average molecular weight is 360 g/mol. The van der Waals surface area contributed by atoms with Crippen LogP contribution in [-0.4, -0.2) is 12.1 Å². The molecule has 0 bridgehead atoms. The molecule has 3 nitrogen and oxygen atoms in total. The predicted molar refractivity (Wildman–Crippen MR) is 89.7 cm³/mol. The van der Waals surface area contributed by atoms with E-state index in [1.807, 2.05) is 30.3 Å². The standard InChI is InChI=1S/C18H18BrNO2/c19-16-8-6-15-11-17(9-7-14(15)10-16)20-18(21)22-12-13-4-2-1-3-5-13/h1-6,8,10,17H,7,9,11-12H2,(H,20,21)/t17-/m0/s1. The van der Waals surface area contributed by atoms with E-state index in [0.717, 1.165) is 29.3 Å². The number of hydrogen-bond acceptors (Lipinski definition) is 2. The Labute approximate surface area is 138 Å². The molecule has 0 unspecified atom stereocenters. The van der Waals surface area contributed by atoms with Crippen LogP contribution in [0.2, 0.25) is 0 Å². The number of fused-ring (bicyclic) bond motifs is 1. The monoisotopic (exact) mass is 359 g/mol. The molecule has 4 heteroatoms. The highest BCUT2D eigenvalue weighted by Crippen LogP contribution is 2.24. The Morgan fingerprint density at radius 1 is 1.18 bits per heavy atom. The number of aryl methyl sites for hydroxylation is 1. The number of ether oxygens (including phenoxy) is 1. The van der Waals surface area contributed by atoms with Gasteiger partial charge < -0.3 is 10.1 Å². The van der Waals surface area contributed by atoms with Crippen LogP contribution in [0, 0.1) is 0 Å². The first-order valence-corrected chi connectivity index (χ1v) is 8.24. The number of benzene rings is 2. The number of rotatable bonds is 3. The van der Waals surface area contributed by atoms with Gasteiger partial charge in [-0.05, 0) is 48.1 Å². The molecule has 1 amide bonds. The molecule has 3 rings (SSSR count). The summed E-state index contributed by atoms with van der Waals surface area (Å²) in [6, 6.07) is 16.2. The molecule has 0 spiro atoms. The van der Waals surface area contributed by atoms with Crippen molar-refractivity contribution in [3.8, 4) is 0 Å². The molecule has 22 heavy (non-hydrogen) atoms. The van der Waals surface area contributed by atoms with Gasteiger partial charge in [-0.15, -0.1) is 0 Å². The smallest absolute Gasteiger partial charge is 0.407 e. The van der Waals surface area contributed by atoms with Gasteiger partial charge in [0.1, 0.15) is 6.61 Å². The molecule has 0 saturated heterocycles. The van der Waals surface area contributed by atoms with E-state index in [-0.39, 0.29) is 12.1 Å². The second-order valence-electron chi connectivity index (χ2n) is 5.56. The molecule has 1 aliphatic carbocycles. The van der Waals surface area contributed by atoms with Crippen LogP contribution >= 0.6 is 15.9 Å². The fraction of sp³-hybridized carbons (Fsp3) is 0.278. The number of alkyl carbamates (subject to hydrolysis) is 1. The van der Waals surface area contributed by atoms with Crippen molar-refractivity contribution in [2.45, 2.75) is 31.9 Å². The van der Waals surface area contributed by atoms with Gasteiger partial charge in [-0.2, -0.15) is 0 Å². The molecule has 0 radical (unpaired) electrons. The van der Waals surface area contributed by atoms with Gasteiger partial charge in [-0.3, -0.25) is 0 Å². The molecule has 1 aliphatic rings. The summed E-state index contributed by atoms with van der Waals surface area (Å²) in [5.41, 5.74) is 3.67. The summed E-state index contributed by atoms with van der Waals surface area (Å²) >= 11 is 3.50.